The molecule has 0 aliphatic rings. The summed E-state index contributed by atoms with van der Waals surface area (Å²) in [5, 5.41) is 24.1. The highest BCUT2D eigenvalue weighted by Crippen LogP contribution is 2.27. The lowest BCUT2D eigenvalue weighted by atomic mass is 10.3. The summed E-state index contributed by atoms with van der Waals surface area (Å²) in [6, 6.07) is 5.81. The van der Waals surface area contributed by atoms with Gasteiger partial charge in [-0.2, -0.15) is 0 Å². The Labute approximate surface area is 106 Å². The number of anilines is 2. The molecule has 2 aromatic heterocycles. The number of nitro groups is 2. The summed E-state index contributed by atoms with van der Waals surface area (Å²) < 4.78 is 0. The molecule has 0 unspecified atom stereocenters. The maximum atomic E-state index is 10.9. The third kappa shape index (κ3) is 2.77. The van der Waals surface area contributed by atoms with E-state index in [-0.39, 0.29) is 5.82 Å². The Bertz CT molecular complexity index is 631. The van der Waals surface area contributed by atoms with Crippen molar-refractivity contribution in [2.24, 2.45) is 0 Å². The third-order valence-corrected chi connectivity index (χ3v) is 2.17. The van der Waals surface area contributed by atoms with E-state index in [2.05, 4.69) is 15.3 Å². The van der Waals surface area contributed by atoms with Crippen molar-refractivity contribution < 1.29 is 9.85 Å². The lowest BCUT2D eigenvalue weighted by Crippen LogP contribution is -2.02. The average molecular weight is 261 g/mol. The van der Waals surface area contributed by atoms with E-state index in [4.69, 9.17) is 0 Å². The monoisotopic (exact) mass is 261 g/mol. The minimum Gasteiger partial charge on any atom is -0.319 e. The lowest BCUT2D eigenvalue weighted by molar-refractivity contribution is -0.394. The second-order valence-electron chi connectivity index (χ2n) is 3.42. The van der Waals surface area contributed by atoms with Crippen LogP contribution in [0.3, 0.4) is 0 Å². The number of rotatable bonds is 4. The second kappa shape index (κ2) is 5.04. The first-order valence-electron chi connectivity index (χ1n) is 5.05. The van der Waals surface area contributed by atoms with Crippen molar-refractivity contribution in [3.05, 3.63) is 56.9 Å². The molecule has 0 radical (unpaired) electrons. The fraction of sp³-hybridized carbons (Fsp3) is 0. The van der Waals surface area contributed by atoms with Gasteiger partial charge in [0.15, 0.2) is 0 Å². The fourth-order valence-electron chi connectivity index (χ4n) is 1.34. The summed E-state index contributed by atoms with van der Waals surface area (Å²) in [6.45, 7) is 0. The molecule has 2 rings (SSSR count). The van der Waals surface area contributed by atoms with E-state index in [1.54, 1.807) is 18.2 Å². The highest BCUT2D eigenvalue weighted by Gasteiger charge is 2.21. The van der Waals surface area contributed by atoms with Crippen molar-refractivity contribution in [3.8, 4) is 0 Å². The number of pyridine rings is 2. The molecule has 0 saturated heterocycles. The first-order valence-corrected chi connectivity index (χ1v) is 5.05. The zero-order chi connectivity index (χ0) is 13.8. The Morgan fingerprint density at radius 2 is 1.89 bits per heavy atom. The maximum absolute atomic E-state index is 10.9. The van der Waals surface area contributed by atoms with Gasteiger partial charge in [0.2, 0.25) is 5.82 Å². The van der Waals surface area contributed by atoms with Crippen LogP contribution < -0.4 is 5.32 Å². The Morgan fingerprint density at radius 1 is 1.11 bits per heavy atom. The van der Waals surface area contributed by atoms with E-state index >= 15 is 0 Å². The standard InChI is InChI=1S/C10H7N5O4/c16-14(17)7-5-8(15(18)19)10(12-6-7)13-9-3-1-2-4-11-9/h1-6H,(H,11,12,13). The quantitative estimate of drug-likeness (QED) is 0.659. The summed E-state index contributed by atoms with van der Waals surface area (Å²) in [4.78, 5) is 27.5. The summed E-state index contributed by atoms with van der Waals surface area (Å²) >= 11 is 0. The molecular formula is C10H7N5O4. The normalized spacial score (nSPS) is 9.89. The molecule has 0 aromatic carbocycles. The molecule has 0 atom stereocenters. The van der Waals surface area contributed by atoms with Crippen molar-refractivity contribution >= 4 is 23.0 Å². The summed E-state index contributed by atoms with van der Waals surface area (Å²) in [7, 11) is 0. The van der Waals surface area contributed by atoms with Crippen molar-refractivity contribution in [1.29, 1.82) is 0 Å². The number of aromatic nitrogens is 2. The smallest absolute Gasteiger partial charge is 0.318 e. The Kier molecular flexibility index (Phi) is 3.28. The van der Waals surface area contributed by atoms with Gasteiger partial charge in [-0.05, 0) is 12.1 Å². The summed E-state index contributed by atoms with van der Waals surface area (Å²) in [5.74, 6) is 0.251. The minimum atomic E-state index is -0.745. The van der Waals surface area contributed by atoms with Crippen LogP contribution in [0.4, 0.5) is 23.0 Å². The summed E-state index contributed by atoms with van der Waals surface area (Å²) in [5.41, 5.74) is -0.932. The topological polar surface area (TPSA) is 124 Å². The predicted octanol–water partition coefficient (Wildman–Crippen LogP) is 2.04. The molecule has 2 aromatic rings. The molecule has 0 fully saturated rings. The summed E-state index contributed by atoms with van der Waals surface area (Å²) in [6.07, 6.45) is 2.44. The number of nitrogens with zero attached hydrogens (tertiary/aromatic N) is 4. The molecular weight excluding hydrogens is 254 g/mol. The highest BCUT2D eigenvalue weighted by molar-refractivity contribution is 5.65. The molecule has 0 aliphatic carbocycles. The van der Waals surface area contributed by atoms with E-state index in [9.17, 15) is 20.2 Å². The van der Waals surface area contributed by atoms with Gasteiger partial charge in [0.1, 0.15) is 12.0 Å². The van der Waals surface area contributed by atoms with Gasteiger partial charge in [-0.15, -0.1) is 0 Å². The fourth-order valence-corrected chi connectivity index (χ4v) is 1.34. The van der Waals surface area contributed by atoms with Crippen LogP contribution in [0, 0.1) is 20.2 Å². The van der Waals surface area contributed by atoms with Crippen molar-refractivity contribution in [1.82, 2.24) is 9.97 Å². The van der Waals surface area contributed by atoms with Crippen LogP contribution in [0.5, 0.6) is 0 Å². The predicted molar refractivity (Wildman–Crippen MR) is 65.1 cm³/mol. The maximum Gasteiger partial charge on any atom is 0.318 e. The Hall–Kier alpha value is -3.10. The molecule has 2 heterocycles. The van der Waals surface area contributed by atoms with Gasteiger partial charge in [0.05, 0.1) is 15.9 Å². The molecule has 0 amide bonds. The van der Waals surface area contributed by atoms with E-state index in [1.165, 1.54) is 6.20 Å². The number of hydrogen-bond donors (Lipinski definition) is 1. The number of nitrogens with one attached hydrogen (secondary N) is 1. The molecule has 9 heteroatoms. The molecule has 0 saturated carbocycles. The zero-order valence-electron chi connectivity index (χ0n) is 9.39. The van der Waals surface area contributed by atoms with Crippen LogP contribution in [0.1, 0.15) is 0 Å². The van der Waals surface area contributed by atoms with E-state index in [0.29, 0.717) is 5.82 Å². The molecule has 96 valence electrons. The van der Waals surface area contributed by atoms with Gasteiger partial charge in [-0.25, -0.2) is 9.97 Å². The van der Waals surface area contributed by atoms with Crippen LogP contribution >= 0.6 is 0 Å². The number of hydrogen-bond acceptors (Lipinski definition) is 7. The first kappa shape index (κ1) is 12.4. The van der Waals surface area contributed by atoms with Crippen LogP contribution in [-0.4, -0.2) is 19.8 Å². The van der Waals surface area contributed by atoms with Crippen molar-refractivity contribution in [2.45, 2.75) is 0 Å². The lowest BCUT2D eigenvalue weighted by Gasteiger charge is -2.04. The third-order valence-electron chi connectivity index (χ3n) is 2.17. The van der Waals surface area contributed by atoms with Gasteiger partial charge >= 0.3 is 5.69 Å². The van der Waals surface area contributed by atoms with E-state index in [1.807, 2.05) is 0 Å². The molecule has 19 heavy (non-hydrogen) atoms. The Balaban J connectivity index is 2.40. The molecule has 1 N–H and O–H groups in total. The van der Waals surface area contributed by atoms with Crippen molar-refractivity contribution in [3.63, 3.8) is 0 Å². The van der Waals surface area contributed by atoms with E-state index < -0.39 is 21.2 Å². The molecule has 0 spiro atoms. The van der Waals surface area contributed by atoms with Gasteiger partial charge in [0.25, 0.3) is 5.69 Å². The molecule has 0 bridgehead atoms. The van der Waals surface area contributed by atoms with Crippen LogP contribution in [0.25, 0.3) is 0 Å². The van der Waals surface area contributed by atoms with Crippen molar-refractivity contribution in [2.75, 3.05) is 5.32 Å². The second-order valence-corrected chi connectivity index (χ2v) is 3.42. The Morgan fingerprint density at radius 3 is 2.47 bits per heavy atom. The molecule has 0 aliphatic heterocycles. The average Bonchev–Trinajstić information content (AvgIpc) is 2.39. The van der Waals surface area contributed by atoms with Crippen LogP contribution in [0.15, 0.2) is 36.7 Å². The minimum absolute atomic E-state index is 0.102. The van der Waals surface area contributed by atoms with E-state index in [0.717, 1.165) is 12.3 Å². The van der Waals surface area contributed by atoms with Crippen LogP contribution in [-0.2, 0) is 0 Å². The SMILES string of the molecule is O=[N+]([O-])c1cnc(Nc2ccccn2)c([N+](=O)[O-])c1. The van der Waals surface area contributed by atoms with Gasteiger partial charge in [-0.1, -0.05) is 6.07 Å². The van der Waals surface area contributed by atoms with Gasteiger partial charge < -0.3 is 5.32 Å². The van der Waals surface area contributed by atoms with Crippen LogP contribution in [0.2, 0.25) is 0 Å². The van der Waals surface area contributed by atoms with Gasteiger partial charge in [-0.3, -0.25) is 20.2 Å². The molecule has 9 nitrogen and oxygen atoms in total. The highest BCUT2D eigenvalue weighted by atomic mass is 16.6. The zero-order valence-corrected chi connectivity index (χ0v) is 9.39. The van der Waals surface area contributed by atoms with Gasteiger partial charge in [0, 0.05) is 6.20 Å². The largest absolute Gasteiger partial charge is 0.319 e. The first-order chi connectivity index (χ1) is 9.08.